The molecular weight excluding hydrogens is 265 g/mol. The Morgan fingerprint density at radius 2 is 1.95 bits per heavy atom. The van der Waals surface area contributed by atoms with Crippen LogP contribution in [0, 0.1) is 21.3 Å². The van der Waals surface area contributed by atoms with Gasteiger partial charge in [0, 0.05) is 0 Å². The van der Waals surface area contributed by atoms with Crippen molar-refractivity contribution in [3.8, 4) is 11.5 Å². The molecule has 102 valence electrons. The predicted molar refractivity (Wildman–Crippen MR) is 70.6 cm³/mol. The van der Waals surface area contributed by atoms with E-state index in [4.69, 9.17) is 15.9 Å². The number of amidine groups is 1. The van der Waals surface area contributed by atoms with Crippen LogP contribution in [0.3, 0.4) is 0 Å². The van der Waals surface area contributed by atoms with Crippen molar-refractivity contribution in [2.24, 2.45) is 5.73 Å². The Labute approximate surface area is 113 Å². The quantitative estimate of drug-likeness (QED) is 0.387. The predicted octanol–water partition coefficient (Wildman–Crippen LogP) is 2.81. The number of nitrogens with two attached hydrogens (primary N) is 1. The molecule has 0 spiro atoms. The van der Waals surface area contributed by atoms with Gasteiger partial charge in [0.15, 0.2) is 0 Å². The third kappa shape index (κ3) is 2.72. The zero-order valence-corrected chi connectivity index (χ0v) is 10.2. The largest absolute Gasteiger partial charge is 0.449 e. The van der Waals surface area contributed by atoms with Crippen LogP contribution in [-0.4, -0.2) is 10.8 Å². The average molecular weight is 275 g/mol. The van der Waals surface area contributed by atoms with Crippen LogP contribution in [0.1, 0.15) is 5.56 Å². The topological polar surface area (TPSA) is 102 Å². The molecule has 0 fully saturated rings. The summed E-state index contributed by atoms with van der Waals surface area (Å²) in [5.41, 5.74) is 5.20. The van der Waals surface area contributed by atoms with E-state index in [1.165, 1.54) is 6.07 Å². The smallest absolute Gasteiger partial charge is 0.314 e. The first-order valence-corrected chi connectivity index (χ1v) is 5.54. The fourth-order valence-corrected chi connectivity index (χ4v) is 1.62. The lowest BCUT2D eigenvalue weighted by molar-refractivity contribution is -0.385. The second kappa shape index (κ2) is 5.35. The second-order valence-corrected chi connectivity index (χ2v) is 3.88. The Balaban J connectivity index is 2.45. The Morgan fingerprint density at radius 3 is 2.60 bits per heavy atom. The van der Waals surface area contributed by atoms with Crippen LogP contribution in [0.25, 0.3) is 0 Å². The van der Waals surface area contributed by atoms with Gasteiger partial charge >= 0.3 is 5.69 Å². The van der Waals surface area contributed by atoms with Gasteiger partial charge in [-0.1, -0.05) is 12.1 Å². The lowest BCUT2D eigenvalue weighted by Gasteiger charge is -2.10. The van der Waals surface area contributed by atoms with Gasteiger partial charge < -0.3 is 10.5 Å². The van der Waals surface area contributed by atoms with Crippen molar-refractivity contribution in [3.05, 3.63) is 64.0 Å². The number of nitro benzene ring substituents is 1. The van der Waals surface area contributed by atoms with Gasteiger partial charge in [-0.2, -0.15) is 0 Å². The van der Waals surface area contributed by atoms with E-state index in [-0.39, 0.29) is 17.3 Å². The van der Waals surface area contributed by atoms with E-state index in [1.807, 2.05) is 0 Å². The van der Waals surface area contributed by atoms with Gasteiger partial charge in [-0.15, -0.1) is 0 Å². The first-order valence-electron chi connectivity index (χ1n) is 5.54. The zero-order chi connectivity index (χ0) is 14.7. The zero-order valence-electron chi connectivity index (χ0n) is 10.2. The first kappa shape index (κ1) is 13.5. The highest BCUT2D eigenvalue weighted by atomic mass is 19.1. The van der Waals surface area contributed by atoms with Crippen LogP contribution in [0.4, 0.5) is 10.1 Å². The highest BCUT2D eigenvalue weighted by Gasteiger charge is 2.18. The monoisotopic (exact) mass is 275 g/mol. The van der Waals surface area contributed by atoms with Crippen LogP contribution in [-0.2, 0) is 0 Å². The van der Waals surface area contributed by atoms with Crippen molar-refractivity contribution < 1.29 is 14.1 Å². The standard InChI is InChI=1S/C13H10FN3O3/c14-8-5-6-12(10(7-8)17(18)19)20-11-4-2-1-3-9(11)13(15)16/h1-7H,(H3,15,16). The van der Waals surface area contributed by atoms with Crippen LogP contribution in [0.5, 0.6) is 11.5 Å². The van der Waals surface area contributed by atoms with E-state index in [1.54, 1.807) is 18.2 Å². The van der Waals surface area contributed by atoms with Crippen molar-refractivity contribution in [3.63, 3.8) is 0 Å². The molecule has 0 aliphatic heterocycles. The molecule has 2 rings (SSSR count). The summed E-state index contributed by atoms with van der Waals surface area (Å²) >= 11 is 0. The number of rotatable bonds is 4. The summed E-state index contributed by atoms with van der Waals surface area (Å²) in [4.78, 5) is 10.1. The highest BCUT2D eigenvalue weighted by Crippen LogP contribution is 2.33. The van der Waals surface area contributed by atoms with Crippen LogP contribution in [0.15, 0.2) is 42.5 Å². The van der Waals surface area contributed by atoms with E-state index in [2.05, 4.69) is 0 Å². The van der Waals surface area contributed by atoms with E-state index < -0.39 is 16.4 Å². The average Bonchev–Trinajstić information content (AvgIpc) is 2.41. The number of ether oxygens (including phenoxy) is 1. The molecule has 0 bridgehead atoms. The lowest BCUT2D eigenvalue weighted by atomic mass is 10.2. The van der Waals surface area contributed by atoms with E-state index in [0.717, 1.165) is 18.2 Å². The van der Waals surface area contributed by atoms with Crippen molar-refractivity contribution in [2.45, 2.75) is 0 Å². The maximum Gasteiger partial charge on any atom is 0.314 e. The first-order chi connectivity index (χ1) is 9.49. The number of hydrogen-bond donors (Lipinski definition) is 2. The molecule has 0 unspecified atom stereocenters. The number of nitrogens with zero attached hydrogens (tertiary/aromatic N) is 1. The lowest BCUT2D eigenvalue weighted by Crippen LogP contribution is -2.12. The summed E-state index contributed by atoms with van der Waals surface area (Å²) in [7, 11) is 0. The molecule has 0 saturated heterocycles. The SMILES string of the molecule is N=C(N)c1ccccc1Oc1ccc(F)cc1[N+](=O)[O-]. The molecule has 6 nitrogen and oxygen atoms in total. The summed E-state index contributed by atoms with van der Waals surface area (Å²) in [6, 6.07) is 9.34. The number of nitro groups is 1. The third-order valence-electron chi connectivity index (χ3n) is 2.51. The third-order valence-corrected chi connectivity index (χ3v) is 2.51. The number of benzene rings is 2. The summed E-state index contributed by atoms with van der Waals surface area (Å²) in [6.07, 6.45) is 0. The summed E-state index contributed by atoms with van der Waals surface area (Å²) in [5, 5.41) is 18.3. The van der Waals surface area contributed by atoms with Crippen LogP contribution >= 0.6 is 0 Å². The molecule has 0 aromatic heterocycles. The van der Waals surface area contributed by atoms with Crippen molar-refractivity contribution in [2.75, 3.05) is 0 Å². The molecular formula is C13H10FN3O3. The number of para-hydroxylation sites is 1. The molecule has 20 heavy (non-hydrogen) atoms. The Morgan fingerprint density at radius 1 is 1.25 bits per heavy atom. The van der Waals surface area contributed by atoms with E-state index in [9.17, 15) is 14.5 Å². The normalized spacial score (nSPS) is 10.1. The summed E-state index contributed by atoms with van der Waals surface area (Å²) in [5.74, 6) is -0.894. The minimum atomic E-state index is -0.741. The van der Waals surface area contributed by atoms with Crippen LogP contribution in [0.2, 0.25) is 0 Å². The molecule has 0 saturated carbocycles. The fourth-order valence-electron chi connectivity index (χ4n) is 1.62. The highest BCUT2D eigenvalue weighted by molar-refractivity contribution is 5.97. The van der Waals surface area contributed by atoms with Gasteiger partial charge in [0.1, 0.15) is 17.4 Å². The van der Waals surface area contributed by atoms with Gasteiger partial charge in [-0.25, -0.2) is 4.39 Å². The van der Waals surface area contributed by atoms with E-state index in [0.29, 0.717) is 5.56 Å². The molecule has 0 atom stereocenters. The molecule has 0 aliphatic rings. The van der Waals surface area contributed by atoms with Gasteiger partial charge in [-0.05, 0) is 24.3 Å². The Kier molecular flexibility index (Phi) is 3.60. The Bertz CT molecular complexity index is 688. The summed E-state index contributed by atoms with van der Waals surface area (Å²) in [6.45, 7) is 0. The second-order valence-electron chi connectivity index (χ2n) is 3.88. The fraction of sp³-hybridized carbons (Fsp3) is 0. The van der Waals surface area contributed by atoms with Crippen molar-refractivity contribution in [1.82, 2.24) is 0 Å². The van der Waals surface area contributed by atoms with Crippen molar-refractivity contribution in [1.29, 1.82) is 5.41 Å². The maximum atomic E-state index is 13.0. The minimum absolute atomic E-state index is 0.120. The minimum Gasteiger partial charge on any atom is -0.449 e. The molecule has 0 radical (unpaired) electrons. The van der Waals surface area contributed by atoms with Gasteiger partial charge in [0.2, 0.25) is 5.75 Å². The number of hydrogen-bond acceptors (Lipinski definition) is 4. The number of halogens is 1. The van der Waals surface area contributed by atoms with Crippen molar-refractivity contribution >= 4 is 11.5 Å². The molecule has 0 heterocycles. The molecule has 2 aromatic carbocycles. The van der Waals surface area contributed by atoms with Crippen LogP contribution < -0.4 is 10.5 Å². The molecule has 7 heteroatoms. The maximum absolute atomic E-state index is 13.0. The van der Waals surface area contributed by atoms with Gasteiger partial charge in [0.25, 0.3) is 0 Å². The van der Waals surface area contributed by atoms with Gasteiger partial charge in [-0.3, -0.25) is 15.5 Å². The van der Waals surface area contributed by atoms with Gasteiger partial charge in [0.05, 0.1) is 16.6 Å². The number of nitrogen functional groups attached to an aromatic ring is 1. The number of nitrogens with one attached hydrogen (secondary N) is 1. The Hall–Kier alpha value is -2.96. The molecule has 3 N–H and O–H groups in total. The van der Waals surface area contributed by atoms with E-state index >= 15 is 0 Å². The summed E-state index contributed by atoms with van der Waals surface area (Å²) < 4.78 is 18.4. The molecule has 2 aromatic rings. The molecule has 0 aliphatic carbocycles. The molecule has 0 amide bonds.